The molecule has 0 saturated carbocycles. The first-order chi connectivity index (χ1) is 12.0. The van der Waals surface area contributed by atoms with Crippen LogP contribution in [-0.2, 0) is 6.54 Å². The van der Waals surface area contributed by atoms with Gasteiger partial charge < -0.3 is 20.3 Å². The van der Waals surface area contributed by atoms with E-state index in [1.807, 2.05) is 0 Å². The topological polar surface area (TPSA) is 52.1 Å². The molecule has 1 aliphatic heterocycles. The first kappa shape index (κ1) is 19.5. The number of hydrogen-bond donors (Lipinski definition) is 2. The summed E-state index contributed by atoms with van der Waals surface area (Å²) in [7, 11) is 6.09. The molecule has 1 heterocycles. The van der Waals surface area contributed by atoms with Crippen LogP contribution < -0.4 is 15.4 Å². The average Bonchev–Trinajstić information content (AvgIpc) is 2.60. The predicted molar refractivity (Wildman–Crippen MR) is 104 cm³/mol. The highest BCUT2D eigenvalue weighted by molar-refractivity contribution is 5.79. The molecule has 0 aromatic heterocycles. The van der Waals surface area contributed by atoms with Gasteiger partial charge in [0.2, 0.25) is 0 Å². The number of piperazine rings is 1. The summed E-state index contributed by atoms with van der Waals surface area (Å²) < 4.78 is 5.48. The number of guanidine groups is 1. The Kier molecular flexibility index (Phi) is 7.52. The van der Waals surface area contributed by atoms with E-state index in [0.717, 1.165) is 50.0 Å². The van der Waals surface area contributed by atoms with Crippen LogP contribution in [0.15, 0.2) is 23.2 Å². The fourth-order valence-electron chi connectivity index (χ4n) is 3.02. The molecule has 140 valence electrons. The molecule has 2 N–H and O–H groups in total. The van der Waals surface area contributed by atoms with Crippen LogP contribution in [0.5, 0.6) is 5.75 Å². The molecule has 1 aromatic carbocycles. The third kappa shape index (κ3) is 5.90. The number of aryl methyl sites for hydroxylation is 1. The third-order valence-electron chi connectivity index (χ3n) is 4.68. The Morgan fingerprint density at radius 2 is 2.08 bits per heavy atom. The number of rotatable bonds is 6. The largest absolute Gasteiger partial charge is 0.496 e. The van der Waals surface area contributed by atoms with Crippen molar-refractivity contribution in [3.8, 4) is 5.75 Å². The molecule has 25 heavy (non-hydrogen) atoms. The molecule has 0 bridgehead atoms. The van der Waals surface area contributed by atoms with Crippen molar-refractivity contribution < 1.29 is 4.74 Å². The van der Waals surface area contributed by atoms with Crippen molar-refractivity contribution in [2.24, 2.45) is 4.99 Å². The second kappa shape index (κ2) is 9.63. The zero-order valence-electron chi connectivity index (χ0n) is 16.3. The summed E-state index contributed by atoms with van der Waals surface area (Å²) in [5.74, 6) is 1.75. The Labute approximate surface area is 152 Å². The molecule has 1 unspecified atom stereocenters. The molecule has 0 amide bonds. The highest BCUT2D eigenvalue weighted by Crippen LogP contribution is 2.20. The molecule has 1 atom stereocenters. The van der Waals surface area contributed by atoms with E-state index in [4.69, 9.17) is 9.73 Å². The van der Waals surface area contributed by atoms with Gasteiger partial charge in [-0.1, -0.05) is 12.1 Å². The monoisotopic (exact) mass is 347 g/mol. The number of likely N-dealkylation sites (N-methyl/N-ethyl adjacent to an activating group) is 2. The molecular formula is C19H33N5O. The molecule has 0 aliphatic carbocycles. The van der Waals surface area contributed by atoms with Gasteiger partial charge in [0.25, 0.3) is 0 Å². The SMILES string of the molecule is CCNC(=NCc1ccc(C)cc1OC)NCC1CN(C)CCN1C. The number of nitrogens with one attached hydrogen (secondary N) is 2. The lowest BCUT2D eigenvalue weighted by Gasteiger charge is -2.37. The van der Waals surface area contributed by atoms with Crippen molar-refractivity contribution in [1.82, 2.24) is 20.4 Å². The summed E-state index contributed by atoms with van der Waals surface area (Å²) in [5.41, 5.74) is 2.29. The summed E-state index contributed by atoms with van der Waals surface area (Å²) in [6.45, 7) is 9.80. The minimum atomic E-state index is 0.497. The molecule has 0 radical (unpaired) electrons. The Morgan fingerprint density at radius 3 is 2.80 bits per heavy atom. The molecule has 0 spiro atoms. The predicted octanol–water partition coefficient (Wildman–Crippen LogP) is 1.30. The van der Waals surface area contributed by atoms with Gasteiger partial charge in [0, 0.05) is 44.3 Å². The average molecular weight is 348 g/mol. The molecule has 6 heteroatoms. The summed E-state index contributed by atoms with van der Waals surface area (Å²) in [4.78, 5) is 9.53. The van der Waals surface area contributed by atoms with E-state index in [0.29, 0.717) is 12.6 Å². The first-order valence-electron chi connectivity index (χ1n) is 9.08. The molecule has 6 nitrogen and oxygen atoms in total. The zero-order valence-corrected chi connectivity index (χ0v) is 16.3. The van der Waals surface area contributed by atoms with Gasteiger partial charge >= 0.3 is 0 Å². The molecule has 1 aliphatic rings. The number of nitrogens with zero attached hydrogens (tertiary/aromatic N) is 3. The standard InChI is InChI=1S/C19H33N5O/c1-6-20-19(22-13-17-14-23(3)9-10-24(17)4)21-12-16-8-7-15(2)11-18(16)25-5/h7-8,11,17H,6,9-10,12-14H2,1-5H3,(H2,20,21,22). The van der Waals surface area contributed by atoms with E-state index >= 15 is 0 Å². The Balaban J connectivity index is 1.98. The van der Waals surface area contributed by atoms with Crippen LogP contribution in [0, 0.1) is 6.92 Å². The number of benzene rings is 1. The van der Waals surface area contributed by atoms with Gasteiger partial charge in [0.15, 0.2) is 5.96 Å². The van der Waals surface area contributed by atoms with E-state index < -0.39 is 0 Å². The fourth-order valence-corrected chi connectivity index (χ4v) is 3.02. The van der Waals surface area contributed by atoms with Crippen LogP contribution in [0.3, 0.4) is 0 Å². The van der Waals surface area contributed by atoms with E-state index in [9.17, 15) is 0 Å². The van der Waals surface area contributed by atoms with Gasteiger partial charge in [-0.3, -0.25) is 4.90 Å². The normalized spacial score (nSPS) is 19.7. The molecule has 2 rings (SSSR count). The third-order valence-corrected chi connectivity index (χ3v) is 4.68. The van der Waals surface area contributed by atoms with Gasteiger partial charge in [-0.25, -0.2) is 4.99 Å². The van der Waals surface area contributed by atoms with Gasteiger partial charge in [-0.15, -0.1) is 0 Å². The Bertz CT molecular complexity index is 575. The molecule has 1 fully saturated rings. The van der Waals surface area contributed by atoms with Gasteiger partial charge in [-0.2, -0.15) is 0 Å². The van der Waals surface area contributed by atoms with Gasteiger partial charge in [0.1, 0.15) is 5.75 Å². The van der Waals surface area contributed by atoms with E-state index in [-0.39, 0.29) is 0 Å². The van der Waals surface area contributed by atoms with Crippen molar-refractivity contribution in [1.29, 1.82) is 0 Å². The van der Waals surface area contributed by atoms with E-state index in [1.165, 1.54) is 5.56 Å². The Morgan fingerprint density at radius 1 is 1.28 bits per heavy atom. The lowest BCUT2D eigenvalue weighted by Crippen LogP contribution is -2.55. The molecule has 1 aromatic rings. The lowest BCUT2D eigenvalue weighted by molar-refractivity contribution is 0.116. The number of hydrogen-bond acceptors (Lipinski definition) is 4. The van der Waals surface area contributed by atoms with Crippen molar-refractivity contribution in [3.63, 3.8) is 0 Å². The molecule has 1 saturated heterocycles. The van der Waals surface area contributed by atoms with E-state index in [1.54, 1.807) is 7.11 Å². The zero-order chi connectivity index (χ0) is 18.2. The highest BCUT2D eigenvalue weighted by Gasteiger charge is 2.22. The van der Waals surface area contributed by atoms with Crippen molar-refractivity contribution in [2.75, 3.05) is 53.9 Å². The summed E-state index contributed by atoms with van der Waals surface area (Å²) in [5, 5.41) is 6.82. The van der Waals surface area contributed by atoms with Crippen LogP contribution in [0.4, 0.5) is 0 Å². The maximum Gasteiger partial charge on any atom is 0.191 e. The highest BCUT2D eigenvalue weighted by atomic mass is 16.5. The summed E-state index contributed by atoms with van der Waals surface area (Å²) >= 11 is 0. The summed E-state index contributed by atoms with van der Waals surface area (Å²) in [6.07, 6.45) is 0. The Hall–Kier alpha value is -1.79. The second-order valence-corrected chi connectivity index (χ2v) is 6.79. The number of ether oxygens (including phenoxy) is 1. The van der Waals surface area contributed by atoms with Crippen LogP contribution in [0.25, 0.3) is 0 Å². The maximum atomic E-state index is 5.48. The first-order valence-corrected chi connectivity index (χ1v) is 9.08. The lowest BCUT2D eigenvalue weighted by atomic mass is 10.1. The maximum absolute atomic E-state index is 5.48. The number of aliphatic imine (C=N–C) groups is 1. The molecular weight excluding hydrogens is 314 g/mol. The fraction of sp³-hybridized carbons (Fsp3) is 0.632. The van der Waals surface area contributed by atoms with Crippen LogP contribution >= 0.6 is 0 Å². The van der Waals surface area contributed by atoms with Crippen LogP contribution in [-0.4, -0.2) is 75.7 Å². The van der Waals surface area contributed by atoms with E-state index in [2.05, 4.69) is 66.6 Å². The van der Waals surface area contributed by atoms with Crippen molar-refractivity contribution >= 4 is 5.96 Å². The van der Waals surface area contributed by atoms with Crippen molar-refractivity contribution in [2.45, 2.75) is 26.4 Å². The van der Waals surface area contributed by atoms with Crippen LogP contribution in [0.2, 0.25) is 0 Å². The van der Waals surface area contributed by atoms with Gasteiger partial charge in [0.05, 0.1) is 13.7 Å². The van der Waals surface area contributed by atoms with Crippen molar-refractivity contribution in [3.05, 3.63) is 29.3 Å². The quantitative estimate of drug-likeness (QED) is 0.600. The summed E-state index contributed by atoms with van der Waals surface area (Å²) in [6, 6.07) is 6.74. The smallest absolute Gasteiger partial charge is 0.191 e. The number of methoxy groups -OCH3 is 1. The minimum Gasteiger partial charge on any atom is -0.496 e. The van der Waals surface area contributed by atoms with Gasteiger partial charge in [-0.05, 0) is 39.6 Å². The van der Waals surface area contributed by atoms with Crippen LogP contribution in [0.1, 0.15) is 18.1 Å². The second-order valence-electron chi connectivity index (χ2n) is 6.79. The minimum absolute atomic E-state index is 0.497.